The predicted octanol–water partition coefficient (Wildman–Crippen LogP) is 2.53. The summed E-state index contributed by atoms with van der Waals surface area (Å²) in [6, 6.07) is 3.92. The van der Waals surface area contributed by atoms with Crippen LogP contribution in [0.15, 0.2) is 18.2 Å². The fourth-order valence-corrected chi connectivity index (χ4v) is 1.11. The van der Waals surface area contributed by atoms with Gasteiger partial charge >= 0.3 is 0 Å². The first-order chi connectivity index (χ1) is 5.11. The van der Waals surface area contributed by atoms with Crippen molar-refractivity contribution in [3.8, 4) is 0 Å². The third kappa shape index (κ3) is 1.91. The smallest absolute Gasteiger partial charge is 0.123 e. The third-order valence-corrected chi connectivity index (χ3v) is 1.75. The second-order valence-electron chi connectivity index (χ2n) is 2.34. The summed E-state index contributed by atoms with van der Waals surface area (Å²) in [5, 5.41) is 9.47. The molecule has 1 aromatic carbocycles. The van der Waals surface area contributed by atoms with E-state index in [1.165, 1.54) is 18.2 Å². The highest BCUT2D eigenvalue weighted by Crippen LogP contribution is 2.22. The Morgan fingerprint density at radius 2 is 2.18 bits per heavy atom. The molecule has 0 unspecified atom stereocenters. The van der Waals surface area contributed by atoms with E-state index in [2.05, 4.69) is 0 Å². The van der Waals surface area contributed by atoms with E-state index in [1.807, 2.05) is 0 Å². The van der Waals surface area contributed by atoms with Crippen LogP contribution >= 0.6 is 11.6 Å². The van der Waals surface area contributed by atoms with Gasteiger partial charge in [0.2, 0.25) is 0 Å². The molecule has 0 saturated carbocycles. The van der Waals surface area contributed by atoms with E-state index < -0.39 is 6.10 Å². The van der Waals surface area contributed by atoms with E-state index in [0.717, 1.165) is 0 Å². The first kappa shape index (κ1) is 8.50. The molecule has 1 rings (SSSR count). The minimum atomic E-state index is -0.724. The molecule has 0 heterocycles. The number of aliphatic hydroxyl groups excluding tert-OH is 1. The summed E-state index contributed by atoms with van der Waals surface area (Å²) in [5.74, 6) is -0.384. The maximum Gasteiger partial charge on any atom is 0.123 e. The quantitative estimate of drug-likeness (QED) is 0.694. The van der Waals surface area contributed by atoms with Gasteiger partial charge in [-0.1, -0.05) is 11.6 Å². The maximum atomic E-state index is 12.5. The fourth-order valence-electron chi connectivity index (χ4n) is 0.835. The second-order valence-corrected chi connectivity index (χ2v) is 2.75. The first-order valence-electron chi connectivity index (χ1n) is 3.24. The molecule has 1 atom stereocenters. The lowest BCUT2D eigenvalue weighted by molar-refractivity contribution is 0.199. The Balaban J connectivity index is 3.13. The van der Waals surface area contributed by atoms with E-state index >= 15 is 0 Å². The van der Waals surface area contributed by atoms with Gasteiger partial charge in [0.05, 0.1) is 6.10 Å². The highest BCUT2D eigenvalue weighted by Gasteiger charge is 2.06. The molecular formula is C8H8ClFO. The lowest BCUT2D eigenvalue weighted by Gasteiger charge is -2.05. The van der Waals surface area contributed by atoms with Crippen molar-refractivity contribution in [3.63, 3.8) is 0 Å². The fraction of sp³-hybridized carbons (Fsp3) is 0.250. The van der Waals surface area contributed by atoms with E-state index in [-0.39, 0.29) is 5.82 Å². The van der Waals surface area contributed by atoms with Crippen LogP contribution in [0, 0.1) is 5.82 Å². The molecule has 0 amide bonds. The average Bonchev–Trinajstić information content (AvgIpc) is 1.94. The molecule has 0 aliphatic heterocycles. The molecule has 0 bridgehead atoms. The summed E-state index contributed by atoms with van der Waals surface area (Å²) < 4.78 is 12.5. The molecule has 0 aliphatic rings. The van der Waals surface area contributed by atoms with Crippen LogP contribution < -0.4 is 0 Å². The zero-order valence-electron chi connectivity index (χ0n) is 6.01. The average molecular weight is 175 g/mol. The van der Waals surface area contributed by atoms with Crippen molar-refractivity contribution >= 4 is 11.6 Å². The van der Waals surface area contributed by atoms with Gasteiger partial charge in [0.25, 0.3) is 0 Å². The van der Waals surface area contributed by atoms with Crippen molar-refractivity contribution in [2.45, 2.75) is 13.0 Å². The van der Waals surface area contributed by atoms with Gasteiger partial charge in [-0.05, 0) is 25.1 Å². The molecule has 1 aromatic rings. The van der Waals surface area contributed by atoms with Gasteiger partial charge in [0, 0.05) is 10.6 Å². The third-order valence-electron chi connectivity index (χ3n) is 1.41. The zero-order chi connectivity index (χ0) is 8.43. The lowest BCUT2D eigenvalue weighted by Crippen LogP contribution is -1.92. The molecule has 0 aromatic heterocycles. The van der Waals surface area contributed by atoms with Crippen LogP contribution in [-0.4, -0.2) is 5.11 Å². The Morgan fingerprint density at radius 3 is 2.64 bits per heavy atom. The minimum absolute atomic E-state index is 0.384. The summed E-state index contributed by atoms with van der Waals surface area (Å²) in [4.78, 5) is 0. The Kier molecular flexibility index (Phi) is 2.47. The molecule has 0 saturated heterocycles. The first-order valence-corrected chi connectivity index (χ1v) is 3.62. The maximum absolute atomic E-state index is 12.5. The topological polar surface area (TPSA) is 20.2 Å². The van der Waals surface area contributed by atoms with Crippen LogP contribution in [0.5, 0.6) is 0 Å². The summed E-state index contributed by atoms with van der Waals surface area (Å²) >= 11 is 5.66. The molecule has 60 valence electrons. The molecule has 0 radical (unpaired) electrons. The number of aliphatic hydroxyl groups is 1. The SMILES string of the molecule is C[C@@H](O)c1cc(F)ccc1Cl. The van der Waals surface area contributed by atoms with Crippen LogP contribution in [0.4, 0.5) is 4.39 Å². The van der Waals surface area contributed by atoms with Crippen molar-refractivity contribution in [2.75, 3.05) is 0 Å². The zero-order valence-corrected chi connectivity index (χ0v) is 6.77. The molecule has 0 aliphatic carbocycles. The Hall–Kier alpha value is -0.600. The number of hydrogen-bond donors (Lipinski definition) is 1. The molecule has 1 nitrogen and oxygen atoms in total. The van der Waals surface area contributed by atoms with E-state index in [0.29, 0.717) is 10.6 Å². The highest BCUT2D eigenvalue weighted by atomic mass is 35.5. The Morgan fingerprint density at radius 1 is 1.55 bits per heavy atom. The summed E-state index contributed by atoms with van der Waals surface area (Å²) in [6.45, 7) is 1.54. The number of halogens is 2. The van der Waals surface area contributed by atoms with Crippen LogP contribution in [0.2, 0.25) is 5.02 Å². The highest BCUT2D eigenvalue weighted by molar-refractivity contribution is 6.31. The molecule has 3 heteroatoms. The standard InChI is InChI=1S/C8H8ClFO/c1-5(11)7-4-6(10)2-3-8(7)9/h2-5,11H,1H3/t5-/m1/s1. The summed E-state index contributed by atoms with van der Waals surface area (Å²) in [5.41, 5.74) is 0.423. The van der Waals surface area contributed by atoms with Crippen molar-refractivity contribution in [1.29, 1.82) is 0 Å². The van der Waals surface area contributed by atoms with Crippen LogP contribution in [0.1, 0.15) is 18.6 Å². The second kappa shape index (κ2) is 3.20. The van der Waals surface area contributed by atoms with Gasteiger partial charge in [-0.25, -0.2) is 4.39 Å². The van der Waals surface area contributed by atoms with E-state index in [4.69, 9.17) is 16.7 Å². The van der Waals surface area contributed by atoms with Gasteiger partial charge in [0.15, 0.2) is 0 Å². The number of hydrogen-bond acceptors (Lipinski definition) is 1. The molecule has 11 heavy (non-hydrogen) atoms. The lowest BCUT2D eigenvalue weighted by atomic mass is 10.1. The molecular weight excluding hydrogens is 167 g/mol. The van der Waals surface area contributed by atoms with Crippen LogP contribution in [-0.2, 0) is 0 Å². The minimum Gasteiger partial charge on any atom is -0.389 e. The molecule has 1 N–H and O–H groups in total. The normalized spacial score (nSPS) is 13.1. The largest absolute Gasteiger partial charge is 0.389 e. The van der Waals surface area contributed by atoms with E-state index in [1.54, 1.807) is 6.92 Å². The van der Waals surface area contributed by atoms with Gasteiger partial charge in [0.1, 0.15) is 5.82 Å². The molecule has 0 spiro atoms. The molecule has 0 fully saturated rings. The van der Waals surface area contributed by atoms with Gasteiger partial charge < -0.3 is 5.11 Å². The van der Waals surface area contributed by atoms with Gasteiger partial charge in [-0.2, -0.15) is 0 Å². The monoisotopic (exact) mass is 174 g/mol. The summed E-state index contributed by atoms with van der Waals surface area (Å²) in [7, 11) is 0. The Labute approximate surface area is 69.4 Å². The predicted molar refractivity (Wildman–Crippen MR) is 42.0 cm³/mol. The van der Waals surface area contributed by atoms with Crippen molar-refractivity contribution in [1.82, 2.24) is 0 Å². The van der Waals surface area contributed by atoms with Crippen LogP contribution in [0.25, 0.3) is 0 Å². The van der Waals surface area contributed by atoms with E-state index in [9.17, 15) is 4.39 Å². The number of rotatable bonds is 1. The van der Waals surface area contributed by atoms with Crippen molar-refractivity contribution < 1.29 is 9.50 Å². The number of benzene rings is 1. The van der Waals surface area contributed by atoms with Crippen molar-refractivity contribution in [2.24, 2.45) is 0 Å². The van der Waals surface area contributed by atoms with Crippen LogP contribution in [0.3, 0.4) is 0 Å². The van der Waals surface area contributed by atoms with Crippen molar-refractivity contribution in [3.05, 3.63) is 34.6 Å². The van der Waals surface area contributed by atoms with Gasteiger partial charge in [-0.3, -0.25) is 0 Å². The Bertz CT molecular complexity index is 260. The summed E-state index contributed by atoms with van der Waals surface area (Å²) in [6.07, 6.45) is -0.724. The van der Waals surface area contributed by atoms with Gasteiger partial charge in [-0.15, -0.1) is 0 Å².